The fourth-order valence-electron chi connectivity index (χ4n) is 2.77. The fourth-order valence-corrected chi connectivity index (χ4v) is 3.65. The summed E-state index contributed by atoms with van der Waals surface area (Å²) in [6.07, 6.45) is -2.62. The summed E-state index contributed by atoms with van der Waals surface area (Å²) in [4.78, 5) is 5.29. The predicted octanol–water partition coefficient (Wildman–Crippen LogP) is 5.14. The van der Waals surface area contributed by atoms with Gasteiger partial charge in [-0.15, -0.1) is 11.3 Å². The molecule has 4 nitrogen and oxygen atoms in total. The van der Waals surface area contributed by atoms with Crippen LogP contribution < -0.4 is 14.8 Å². The molecule has 28 heavy (non-hydrogen) atoms. The van der Waals surface area contributed by atoms with Crippen LogP contribution >= 0.6 is 11.3 Å². The molecule has 0 unspecified atom stereocenters. The van der Waals surface area contributed by atoms with Gasteiger partial charge in [0.05, 0.1) is 24.7 Å². The van der Waals surface area contributed by atoms with Crippen molar-refractivity contribution in [1.29, 1.82) is 0 Å². The Morgan fingerprint density at radius 1 is 1.00 bits per heavy atom. The zero-order valence-corrected chi connectivity index (χ0v) is 16.2. The van der Waals surface area contributed by atoms with Crippen LogP contribution in [0.3, 0.4) is 0 Å². The molecule has 0 aliphatic heterocycles. The van der Waals surface area contributed by atoms with E-state index in [1.165, 1.54) is 23.5 Å². The maximum Gasteiger partial charge on any atom is 0.416 e. The summed E-state index contributed by atoms with van der Waals surface area (Å²) in [6.45, 7) is 0.491. The molecular formula is C20H19F3N2O2S. The van der Waals surface area contributed by atoms with Gasteiger partial charge in [0.25, 0.3) is 0 Å². The Hall–Kier alpha value is -2.58. The number of nitrogens with zero attached hydrogens (tertiary/aromatic N) is 1. The molecule has 1 heterocycles. The van der Waals surface area contributed by atoms with Crippen LogP contribution in [0.1, 0.15) is 16.1 Å². The molecule has 3 rings (SSSR count). The third-order valence-corrected chi connectivity index (χ3v) is 5.18. The van der Waals surface area contributed by atoms with Gasteiger partial charge in [-0.25, -0.2) is 4.98 Å². The number of alkyl halides is 3. The number of aromatic nitrogens is 1. The van der Waals surface area contributed by atoms with Gasteiger partial charge in [0, 0.05) is 19.3 Å². The number of methoxy groups -OCH3 is 2. The normalized spacial score (nSPS) is 11.5. The summed E-state index contributed by atoms with van der Waals surface area (Å²) in [5.41, 5.74) is 0.531. The molecule has 0 aliphatic rings. The van der Waals surface area contributed by atoms with E-state index < -0.39 is 11.7 Å². The molecule has 0 bridgehead atoms. The first-order chi connectivity index (χ1) is 13.4. The molecule has 0 saturated heterocycles. The van der Waals surface area contributed by atoms with Crippen LogP contribution in [-0.2, 0) is 19.3 Å². The first-order valence-corrected chi connectivity index (χ1v) is 9.27. The minimum atomic E-state index is -4.36. The Morgan fingerprint density at radius 3 is 2.46 bits per heavy atom. The van der Waals surface area contributed by atoms with Crippen LogP contribution in [0.4, 0.5) is 13.2 Å². The number of thiazole rings is 1. The highest BCUT2D eigenvalue weighted by atomic mass is 32.1. The van der Waals surface area contributed by atoms with Crippen LogP contribution in [0.25, 0.3) is 10.4 Å². The monoisotopic (exact) mass is 408 g/mol. The van der Waals surface area contributed by atoms with Gasteiger partial charge in [0.15, 0.2) is 11.5 Å². The number of rotatable bonds is 7. The maximum atomic E-state index is 13.0. The number of ether oxygens (including phenoxy) is 2. The van der Waals surface area contributed by atoms with Gasteiger partial charge in [-0.2, -0.15) is 13.2 Å². The van der Waals surface area contributed by atoms with E-state index in [0.29, 0.717) is 18.0 Å². The van der Waals surface area contributed by atoms with E-state index >= 15 is 0 Å². The van der Waals surface area contributed by atoms with E-state index in [1.807, 2.05) is 18.2 Å². The van der Waals surface area contributed by atoms with E-state index in [4.69, 9.17) is 9.47 Å². The van der Waals surface area contributed by atoms with Crippen LogP contribution in [0.2, 0.25) is 0 Å². The molecule has 0 saturated carbocycles. The van der Waals surface area contributed by atoms with Gasteiger partial charge in [0.1, 0.15) is 5.01 Å². The molecule has 1 N–H and O–H groups in total. The Bertz CT molecular complexity index is 941. The van der Waals surface area contributed by atoms with Crippen molar-refractivity contribution in [2.24, 2.45) is 0 Å². The highest BCUT2D eigenvalue weighted by Gasteiger charge is 2.32. The highest BCUT2D eigenvalue weighted by Crippen LogP contribution is 2.35. The Morgan fingerprint density at radius 2 is 1.75 bits per heavy atom. The number of hydrogen-bond acceptors (Lipinski definition) is 5. The van der Waals surface area contributed by atoms with Crippen LogP contribution in [0, 0.1) is 0 Å². The van der Waals surface area contributed by atoms with Crippen molar-refractivity contribution in [2.45, 2.75) is 19.3 Å². The van der Waals surface area contributed by atoms with Crippen molar-refractivity contribution in [1.82, 2.24) is 10.3 Å². The largest absolute Gasteiger partial charge is 0.493 e. The van der Waals surface area contributed by atoms with Crippen molar-refractivity contribution in [2.75, 3.05) is 14.2 Å². The fraction of sp³-hybridized carbons (Fsp3) is 0.250. The first kappa shape index (κ1) is 20.2. The molecule has 3 aromatic rings. The summed E-state index contributed by atoms with van der Waals surface area (Å²) >= 11 is 1.47. The van der Waals surface area contributed by atoms with E-state index in [9.17, 15) is 13.2 Å². The van der Waals surface area contributed by atoms with Gasteiger partial charge in [-0.05, 0) is 35.4 Å². The molecule has 8 heteroatoms. The predicted molar refractivity (Wildman–Crippen MR) is 103 cm³/mol. The van der Waals surface area contributed by atoms with E-state index in [1.54, 1.807) is 26.5 Å². The SMILES string of the molecule is COc1ccc(-c2cnc(CNCc3ccccc3C(F)(F)F)s2)cc1OC. The average molecular weight is 408 g/mol. The van der Waals surface area contributed by atoms with E-state index in [2.05, 4.69) is 10.3 Å². The van der Waals surface area contributed by atoms with Gasteiger partial charge >= 0.3 is 6.18 Å². The number of hydrogen-bond donors (Lipinski definition) is 1. The minimum Gasteiger partial charge on any atom is -0.493 e. The molecule has 0 aliphatic carbocycles. The Balaban J connectivity index is 1.67. The molecule has 0 amide bonds. The van der Waals surface area contributed by atoms with Gasteiger partial charge in [0.2, 0.25) is 0 Å². The van der Waals surface area contributed by atoms with Crippen molar-refractivity contribution < 1.29 is 22.6 Å². The molecule has 0 spiro atoms. The standard InChI is InChI=1S/C20H19F3N2O2S/c1-26-16-8-7-13(9-17(16)27-2)18-11-25-19(28-18)12-24-10-14-5-3-4-6-15(14)20(21,22)23/h3-9,11,24H,10,12H2,1-2H3. The smallest absolute Gasteiger partial charge is 0.416 e. The van der Waals surface area contributed by atoms with E-state index in [-0.39, 0.29) is 12.1 Å². The van der Waals surface area contributed by atoms with Gasteiger partial charge < -0.3 is 14.8 Å². The third kappa shape index (κ3) is 4.63. The zero-order chi connectivity index (χ0) is 20.1. The molecule has 0 fully saturated rings. The highest BCUT2D eigenvalue weighted by molar-refractivity contribution is 7.15. The lowest BCUT2D eigenvalue weighted by Gasteiger charge is -2.12. The lowest BCUT2D eigenvalue weighted by molar-refractivity contribution is -0.138. The van der Waals surface area contributed by atoms with Crippen LogP contribution in [0.15, 0.2) is 48.7 Å². The van der Waals surface area contributed by atoms with Crippen molar-refractivity contribution in [3.8, 4) is 21.9 Å². The molecule has 2 aromatic carbocycles. The quantitative estimate of drug-likeness (QED) is 0.588. The second-order valence-corrected chi connectivity index (χ2v) is 7.06. The number of benzene rings is 2. The van der Waals surface area contributed by atoms with Gasteiger partial charge in [-0.3, -0.25) is 0 Å². The number of nitrogens with one attached hydrogen (secondary N) is 1. The summed E-state index contributed by atoms with van der Waals surface area (Å²) < 4.78 is 49.7. The van der Waals surface area contributed by atoms with Crippen molar-refractivity contribution in [3.05, 3.63) is 64.8 Å². The van der Waals surface area contributed by atoms with Crippen LogP contribution in [-0.4, -0.2) is 19.2 Å². The lowest BCUT2D eigenvalue weighted by Crippen LogP contribution is -2.17. The topological polar surface area (TPSA) is 43.4 Å². The molecular weight excluding hydrogens is 389 g/mol. The second kappa shape index (κ2) is 8.62. The Labute approximate surface area is 165 Å². The molecule has 0 radical (unpaired) electrons. The van der Waals surface area contributed by atoms with Gasteiger partial charge in [-0.1, -0.05) is 18.2 Å². The van der Waals surface area contributed by atoms with E-state index in [0.717, 1.165) is 21.5 Å². The minimum absolute atomic E-state index is 0.112. The Kier molecular flexibility index (Phi) is 6.21. The summed E-state index contributed by atoms with van der Waals surface area (Å²) in [7, 11) is 3.15. The molecule has 0 atom stereocenters. The lowest BCUT2D eigenvalue weighted by atomic mass is 10.1. The maximum absolute atomic E-state index is 13.0. The van der Waals surface area contributed by atoms with Crippen LogP contribution in [0.5, 0.6) is 11.5 Å². The van der Waals surface area contributed by atoms with Crippen molar-refractivity contribution in [3.63, 3.8) is 0 Å². The summed E-state index contributed by atoms with van der Waals surface area (Å²) in [6, 6.07) is 11.2. The number of halogens is 3. The zero-order valence-electron chi connectivity index (χ0n) is 15.3. The summed E-state index contributed by atoms with van der Waals surface area (Å²) in [5, 5.41) is 3.83. The average Bonchev–Trinajstić information content (AvgIpc) is 3.16. The first-order valence-electron chi connectivity index (χ1n) is 8.45. The second-order valence-electron chi connectivity index (χ2n) is 5.95. The third-order valence-electron chi connectivity index (χ3n) is 4.14. The molecule has 148 valence electrons. The molecule has 1 aromatic heterocycles. The summed E-state index contributed by atoms with van der Waals surface area (Å²) in [5.74, 6) is 1.26. The van der Waals surface area contributed by atoms with Crippen molar-refractivity contribution >= 4 is 11.3 Å².